The first kappa shape index (κ1) is 17.9. The first-order chi connectivity index (χ1) is 12.6. The van der Waals surface area contributed by atoms with Gasteiger partial charge >= 0.3 is 5.97 Å². The summed E-state index contributed by atoms with van der Waals surface area (Å²) in [6.07, 6.45) is 5.35. The van der Waals surface area contributed by atoms with Crippen LogP contribution >= 0.6 is 0 Å². The maximum atomic E-state index is 12.6. The molecule has 1 amide bonds. The number of nitrogens with zero attached hydrogens (tertiary/aromatic N) is 2. The average Bonchev–Trinajstić information content (AvgIpc) is 3.09. The van der Waals surface area contributed by atoms with Crippen molar-refractivity contribution in [3.05, 3.63) is 59.9 Å². The highest BCUT2D eigenvalue weighted by molar-refractivity contribution is 5.80. The maximum Gasteiger partial charge on any atom is 0.305 e. The van der Waals surface area contributed by atoms with Crippen molar-refractivity contribution in [3.8, 4) is 5.75 Å². The number of ether oxygens (including phenoxy) is 1. The van der Waals surface area contributed by atoms with E-state index < -0.39 is 5.97 Å². The molecule has 1 fully saturated rings. The number of pyridine rings is 1. The Hall–Kier alpha value is -2.89. The van der Waals surface area contributed by atoms with E-state index in [0.29, 0.717) is 18.9 Å². The predicted octanol–water partition coefficient (Wildman–Crippen LogP) is 2.67. The number of carboxylic acids is 1. The highest BCUT2D eigenvalue weighted by atomic mass is 16.5. The Morgan fingerprint density at radius 1 is 1.23 bits per heavy atom. The normalized spacial score (nSPS) is 16.5. The molecule has 0 saturated carbocycles. The SMILES string of the molecule is O=C(O)CC1CCCN1C(=O)Cc1cccc(OCc2cccnc2)c1. The molecule has 1 saturated heterocycles. The third kappa shape index (κ3) is 4.81. The van der Waals surface area contributed by atoms with Gasteiger partial charge in [-0.25, -0.2) is 0 Å². The summed E-state index contributed by atoms with van der Waals surface area (Å²) in [5, 5.41) is 8.99. The number of hydrogen-bond acceptors (Lipinski definition) is 4. The fourth-order valence-corrected chi connectivity index (χ4v) is 3.25. The summed E-state index contributed by atoms with van der Waals surface area (Å²) in [5.74, 6) is -0.193. The van der Waals surface area contributed by atoms with Gasteiger partial charge in [0.1, 0.15) is 12.4 Å². The van der Waals surface area contributed by atoms with Gasteiger partial charge in [0.05, 0.1) is 12.8 Å². The van der Waals surface area contributed by atoms with E-state index in [9.17, 15) is 9.59 Å². The number of aromatic nitrogens is 1. The van der Waals surface area contributed by atoms with Crippen LogP contribution in [0.15, 0.2) is 48.8 Å². The number of benzene rings is 1. The molecule has 2 aromatic rings. The zero-order valence-corrected chi connectivity index (χ0v) is 14.5. The molecule has 2 heterocycles. The Balaban J connectivity index is 1.59. The average molecular weight is 354 g/mol. The van der Waals surface area contributed by atoms with Gasteiger partial charge in [0.25, 0.3) is 0 Å². The number of rotatable bonds is 7. The lowest BCUT2D eigenvalue weighted by Crippen LogP contribution is -2.37. The molecule has 0 spiro atoms. The van der Waals surface area contributed by atoms with Gasteiger partial charge in [0, 0.05) is 30.5 Å². The molecule has 1 aromatic carbocycles. The van der Waals surface area contributed by atoms with E-state index in [2.05, 4.69) is 4.98 Å². The molecule has 1 unspecified atom stereocenters. The minimum Gasteiger partial charge on any atom is -0.489 e. The second-order valence-electron chi connectivity index (χ2n) is 6.46. The molecule has 0 bridgehead atoms. The van der Waals surface area contributed by atoms with Crippen molar-refractivity contribution in [1.82, 2.24) is 9.88 Å². The summed E-state index contributed by atoms with van der Waals surface area (Å²) in [7, 11) is 0. The van der Waals surface area contributed by atoms with Gasteiger partial charge in [-0.05, 0) is 36.6 Å². The van der Waals surface area contributed by atoms with E-state index >= 15 is 0 Å². The Morgan fingerprint density at radius 2 is 2.08 bits per heavy atom. The van der Waals surface area contributed by atoms with Crippen LogP contribution in [0.3, 0.4) is 0 Å². The second kappa shape index (κ2) is 8.47. The van der Waals surface area contributed by atoms with E-state index in [4.69, 9.17) is 9.84 Å². The first-order valence-electron chi connectivity index (χ1n) is 8.74. The van der Waals surface area contributed by atoms with E-state index in [1.165, 1.54) is 0 Å². The van der Waals surface area contributed by atoms with Crippen molar-refractivity contribution in [1.29, 1.82) is 0 Å². The molecule has 0 aliphatic carbocycles. The van der Waals surface area contributed by atoms with Gasteiger partial charge in [-0.2, -0.15) is 0 Å². The van der Waals surface area contributed by atoms with Crippen LogP contribution in [-0.4, -0.2) is 39.5 Å². The summed E-state index contributed by atoms with van der Waals surface area (Å²) < 4.78 is 5.77. The van der Waals surface area contributed by atoms with Crippen molar-refractivity contribution in [2.24, 2.45) is 0 Å². The molecule has 1 aromatic heterocycles. The maximum absolute atomic E-state index is 12.6. The Morgan fingerprint density at radius 3 is 2.85 bits per heavy atom. The summed E-state index contributed by atoms with van der Waals surface area (Å²) in [6.45, 7) is 1.05. The van der Waals surface area contributed by atoms with Crippen LogP contribution in [0, 0.1) is 0 Å². The molecular formula is C20H22N2O4. The van der Waals surface area contributed by atoms with E-state index in [1.807, 2.05) is 36.4 Å². The van der Waals surface area contributed by atoms with Gasteiger partial charge in [-0.3, -0.25) is 14.6 Å². The monoisotopic (exact) mass is 354 g/mol. The van der Waals surface area contributed by atoms with E-state index in [-0.39, 0.29) is 24.8 Å². The quantitative estimate of drug-likeness (QED) is 0.827. The van der Waals surface area contributed by atoms with Crippen molar-refractivity contribution in [2.75, 3.05) is 6.54 Å². The zero-order chi connectivity index (χ0) is 18.4. The third-order valence-electron chi connectivity index (χ3n) is 4.49. The van der Waals surface area contributed by atoms with Crippen LogP contribution in [0.25, 0.3) is 0 Å². The number of aliphatic carboxylic acids is 1. The minimum absolute atomic E-state index is 0.0139. The first-order valence-corrected chi connectivity index (χ1v) is 8.74. The molecule has 1 aliphatic heterocycles. The van der Waals surface area contributed by atoms with Crippen LogP contribution in [0.4, 0.5) is 0 Å². The van der Waals surface area contributed by atoms with Crippen molar-refractivity contribution in [3.63, 3.8) is 0 Å². The van der Waals surface area contributed by atoms with Gasteiger partial charge in [0.15, 0.2) is 0 Å². The van der Waals surface area contributed by atoms with Gasteiger partial charge < -0.3 is 14.7 Å². The highest BCUT2D eigenvalue weighted by Gasteiger charge is 2.30. The lowest BCUT2D eigenvalue weighted by molar-refractivity contribution is -0.139. The molecule has 1 N–H and O–H groups in total. The van der Waals surface area contributed by atoms with Crippen molar-refractivity contribution in [2.45, 2.75) is 38.3 Å². The molecule has 1 atom stereocenters. The molecule has 3 rings (SSSR count). The van der Waals surface area contributed by atoms with Crippen LogP contribution in [-0.2, 0) is 22.6 Å². The molecule has 1 aliphatic rings. The van der Waals surface area contributed by atoms with Crippen LogP contribution in [0.1, 0.15) is 30.4 Å². The van der Waals surface area contributed by atoms with Crippen LogP contribution in [0.5, 0.6) is 5.75 Å². The number of amides is 1. The summed E-state index contributed by atoms with van der Waals surface area (Å²) in [6, 6.07) is 11.1. The standard InChI is InChI=1S/C20H22N2O4/c23-19(22-9-3-6-17(22)12-20(24)25)11-15-4-1-7-18(10-15)26-14-16-5-2-8-21-13-16/h1-2,4-5,7-8,10,13,17H,3,6,9,11-12,14H2,(H,24,25). The Kier molecular flexibility index (Phi) is 5.84. The predicted molar refractivity (Wildman–Crippen MR) is 95.7 cm³/mol. The van der Waals surface area contributed by atoms with Gasteiger partial charge in [0.2, 0.25) is 5.91 Å². The largest absolute Gasteiger partial charge is 0.489 e. The third-order valence-corrected chi connectivity index (χ3v) is 4.49. The molecule has 136 valence electrons. The number of likely N-dealkylation sites (tertiary alicyclic amines) is 1. The molecular weight excluding hydrogens is 332 g/mol. The van der Waals surface area contributed by atoms with Crippen LogP contribution in [0.2, 0.25) is 0 Å². The summed E-state index contributed by atoms with van der Waals surface area (Å²) in [5.41, 5.74) is 1.84. The zero-order valence-electron chi connectivity index (χ0n) is 14.5. The number of carbonyl (C=O) groups excluding carboxylic acids is 1. The minimum atomic E-state index is -0.861. The molecule has 6 nitrogen and oxygen atoms in total. The molecule has 0 radical (unpaired) electrons. The number of carboxylic acid groups (broad SMARTS) is 1. The number of hydrogen-bond donors (Lipinski definition) is 1. The van der Waals surface area contributed by atoms with Gasteiger partial charge in [-0.1, -0.05) is 18.2 Å². The smallest absolute Gasteiger partial charge is 0.305 e. The molecule has 6 heteroatoms. The fraction of sp³-hybridized carbons (Fsp3) is 0.350. The summed E-state index contributed by atoms with van der Waals surface area (Å²) in [4.78, 5) is 29.3. The Bertz CT molecular complexity index is 763. The van der Waals surface area contributed by atoms with Crippen molar-refractivity contribution < 1.29 is 19.4 Å². The lowest BCUT2D eigenvalue weighted by Gasteiger charge is -2.23. The van der Waals surface area contributed by atoms with Gasteiger partial charge in [-0.15, -0.1) is 0 Å². The second-order valence-corrected chi connectivity index (χ2v) is 6.46. The lowest BCUT2D eigenvalue weighted by atomic mass is 10.1. The molecule has 26 heavy (non-hydrogen) atoms. The fourth-order valence-electron chi connectivity index (χ4n) is 3.25. The number of carbonyl (C=O) groups is 2. The summed E-state index contributed by atoms with van der Waals surface area (Å²) >= 11 is 0. The topological polar surface area (TPSA) is 79.7 Å². The van der Waals surface area contributed by atoms with Crippen molar-refractivity contribution >= 4 is 11.9 Å². The van der Waals surface area contributed by atoms with E-state index in [0.717, 1.165) is 24.0 Å². The van der Waals surface area contributed by atoms with Crippen LogP contribution < -0.4 is 4.74 Å². The highest BCUT2D eigenvalue weighted by Crippen LogP contribution is 2.22. The Labute approximate surface area is 152 Å². The van der Waals surface area contributed by atoms with E-state index in [1.54, 1.807) is 17.3 Å².